The minimum atomic E-state index is 0.761. The van der Waals surface area contributed by atoms with Gasteiger partial charge < -0.3 is 10.2 Å². The summed E-state index contributed by atoms with van der Waals surface area (Å²) in [4.78, 5) is 2.79. The fraction of sp³-hybridized carbons (Fsp3) is 0.760. The fourth-order valence-corrected chi connectivity index (χ4v) is 5.15. The molecule has 1 aromatic carbocycles. The number of benzene rings is 1. The third-order valence-electron chi connectivity index (χ3n) is 6.89. The summed E-state index contributed by atoms with van der Waals surface area (Å²) in [5, 5.41) is 3.57. The van der Waals surface area contributed by atoms with Crippen LogP contribution in [-0.2, 0) is 0 Å². The maximum absolute atomic E-state index is 3.57. The van der Waals surface area contributed by atoms with Crippen molar-refractivity contribution in [1.82, 2.24) is 4.90 Å². The van der Waals surface area contributed by atoms with Crippen molar-refractivity contribution in [1.29, 1.82) is 0 Å². The van der Waals surface area contributed by atoms with Crippen LogP contribution >= 0.6 is 0 Å². The van der Waals surface area contributed by atoms with E-state index in [9.17, 15) is 0 Å². The predicted octanol–water partition coefficient (Wildman–Crippen LogP) is 6.83. The maximum atomic E-state index is 3.57. The molecule has 1 unspecified atom stereocenters. The Balaban J connectivity index is 1.44. The Bertz CT molecular complexity index is 519. The summed E-state index contributed by atoms with van der Waals surface area (Å²) in [6, 6.07) is 8.96. The van der Waals surface area contributed by atoms with Crippen LogP contribution in [0, 0.1) is 5.92 Å². The second-order valence-electron chi connectivity index (χ2n) is 8.98. The van der Waals surface area contributed by atoms with Gasteiger partial charge in [0.05, 0.1) is 0 Å². The first-order chi connectivity index (χ1) is 13.4. The summed E-state index contributed by atoms with van der Waals surface area (Å²) in [5.74, 6) is 1.77. The van der Waals surface area contributed by atoms with Crippen molar-refractivity contribution >= 4 is 5.69 Å². The molecule has 1 aliphatic heterocycles. The highest BCUT2D eigenvalue weighted by Crippen LogP contribution is 2.34. The van der Waals surface area contributed by atoms with Gasteiger partial charge in [0.2, 0.25) is 0 Å². The van der Waals surface area contributed by atoms with Crippen LogP contribution < -0.4 is 5.32 Å². The Hall–Kier alpha value is -1.02. The quantitative estimate of drug-likeness (QED) is 0.454. The SMILES string of the molecule is CCCCN(CCCC1CCNc2ccccc21)CCC1CCCCCC1. The normalized spacial score (nSPS) is 20.9. The molecular formula is C25H42N2. The molecule has 1 atom stereocenters. The molecule has 1 saturated carbocycles. The average molecular weight is 371 g/mol. The van der Waals surface area contributed by atoms with Gasteiger partial charge in [-0.05, 0) is 75.2 Å². The van der Waals surface area contributed by atoms with Gasteiger partial charge in [0.1, 0.15) is 0 Å². The van der Waals surface area contributed by atoms with E-state index < -0.39 is 0 Å². The summed E-state index contributed by atoms with van der Waals surface area (Å²) in [5.41, 5.74) is 2.94. The van der Waals surface area contributed by atoms with Crippen LogP contribution in [0.3, 0.4) is 0 Å². The van der Waals surface area contributed by atoms with E-state index in [0.29, 0.717) is 0 Å². The zero-order valence-corrected chi connectivity index (χ0v) is 17.7. The van der Waals surface area contributed by atoms with Gasteiger partial charge in [-0.2, -0.15) is 0 Å². The van der Waals surface area contributed by atoms with E-state index in [2.05, 4.69) is 41.4 Å². The van der Waals surface area contributed by atoms with Crippen LogP contribution in [0.2, 0.25) is 0 Å². The first-order valence-electron chi connectivity index (χ1n) is 11.9. The van der Waals surface area contributed by atoms with Gasteiger partial charge in [0.25, 0.3) is 0 Å². The lowest BCUT2D eigenvalue weighted by Crippen LogP contribution is -2.29. The fourth-order valence-electron chi connectivity index (χ4n) is 5.15. The number of anilines is 1. The van der Waals surface area contributed by atoms with E-state index in [1.165, 1.54) is 102 Å². The Labute approximate surface area is 168 Å². The van der Waals surface area contributed by atoms with Crippen molar-refractivity contribution in [3.05, 3.63) is 29.8 Å². The van der Waals surface area contributed by atoms with Gasteiger partial charge in [-0.15, -0.1) is 0 Å². The molecule has 1 aromatic rings. The minimum absolute atomic E-state index is 0.761. The van der Waals surface area contributed by atoms with Crippen molar-refractivity contribution in [2.75, 3.05) is 31.5 Å². The van der Waals surface area contributed by atoms with Crippen LogP contribution in [0.5, 0.6) is 0 Å². The molecule has 2 nitrogen and oxygen atoms in total. The van der Waals surface area contributed by atoms with Gasteiger partial charge in [0.15, 0.2) is 0 Å². The smallest absolute Gasteiger partial charge is 0.0375 e. The van der Waals surface area contributed by atoms with Gasteiger partial charge in [-0.1, -0.05) is 70.1 Å². The lowest BCUT2D eigenvalue weighted by atomic mass is 9.87. The predicted molar refractivity (Wildman–Crippen MR) is 119 cm³/mol. The molecule has 0 bridgehead atoms. The summed E-state index contributed by atoms with van der Waals surface area (Å²) < 4.78 is 0. The highest BCUT2D eigenvalue weighted by Gasteiger charge is 2.20. The van der Waals surface area contributed by atoms with Crippen LogP contribution in [0.15, 0.2) is 24.3 Å². The molecule has 2 aliphatic rings. The lowest BCUT2D eigenvalue weighted by molar-refractivity contribution is 0.234. The molecule has 1 fully saturated rings. The molecule has 0 aromatic heterocycles. The number of unbranched alkanes of at least 4 members (excludes halogenated alkanes) is 1. The number of rotatable bonds is 10. The lowest BCUT2D eigenvalue weighted by Gasteiger charge is -2.28. The van der Waals surface area contributed by atoms with Crippen LogP contribution in [0.4, 0.5) is 5.69 Å². The Kier molecular flexibility index (Phi) is 9.00. The highest BCUT2D eigenvalue weighted by molar-refractivity contribution is 5.54. The molecule has 1 heterocycles. The topological polar surface area (TPSA) is 15.3 Å². The minimum Gasteiger partial charge on any atom is -0.385 e. The van der Waals surface area contributed by atoms with Crippen LogP contribution in [-0.4, -0.2) is 31.1 Å². The molecule has 27 heavy (non-hydrogen) atoms. The Morgan fingerprint density at radius 2 is 1.67 bits per heavy atom. The number of hydrogen-bond donors (Lipinski definition) is 1. The second kappa shape index (κ2) is 11.7. The first kappa shape index (κ1) is 20.7. The van der Waals surface area contributed by atoms with Crippen LogP contribution in [0.1, 0.15) is 95.5 Å². The monoisotopic (exact) mass is 370 g/mol. The molecule has 3 rings (SSSR count). The molecule has 1 aliphatic carbocycles. The first-order valence-corrected chi connectivity index (χ1v) is 11.9. The van der Waals surface area contributed by atoms with Gasteiger partial charge in [-0.25, -0.2) is 0 Å². The summed E-state index contributed by atoms with van der Waals surface area (Å²) >= 11 is 0. The number of para-hydroxylation sites is 1. The zero-order chi connectivity index (χ0) is 18.7. The number of fused-ring (bicyclic) bond motifs is 1. The number of nitrogens with zero attached hydrogens (tertiary/aromatic N) is 1. The Morgan fingerprint density at radius 3 is 2.48 bits per heavy atom. The van der Waals surface area contributed by atoms with Crippen molar-refractivity contribution < 1.29 is 0 Å². The molecular weight excluding hydrogens is 328 g/mol. The molecule has 0 spiro atoms. The van der Waals surface area contributed by atoms with E-state index in [4.69, 9.17) is 0 Å². The van der Waals surface area contributed by atoms with Gasteiger partial charge >= 0.3 is 0 Å². The third-order valence-corrected chi connectivity index (χ3v) is 6.89. The van der Waals surface area contributed by atoms with E-state index in [1.54, 1.807) is 5.56 Å². The average Bonchev–Trinajstić information content (AvgIpc) is 2.98. The highest BCUT2D eigenvalue weighted by atomic mass is 15.1. The summed E-state index contributed by atoms with van der Waals surface area (Å²) in [7, 11) is 0. The largest absolute Gasteiger partial charge is 0.385 e. The van der Waals surface area contributed by atoms with Crippen molar-refractivity contribution in [2.24, 2.45) is 5.92 Å². The van der Waals surface area contributed by atoms with Crippen molar-refractivity contribution in [3.8, 4) is 0 Å². The molecule has 2 heteroatoms. The van der Waals surface area contributed by atoms with Gasteiger partial charge in [0, 0.05) is 12.2 Å². The molecule has 152 valence electrons. The van der Waals surface area contributed by atoms with Gasteiger partial charge in [-0.3, -0.25) is 0 Å². The zero-order valence-electron chi connectivity index (χ0n) is 17.7. The second-order valence-corrected chi connectivity index (χ2v) is 8.98. The summed E-state index contributed by atoms with van der Waals surface area (Å²) in [6.45, 7) is 7.43. The van der Waals surface area contributed by atoms with Crippen LogP contribution in [0.25, 0.3) is 0 Å². The van der Waals surface area contributed by atoms with E-state index >= 15 is 0 Å². The Morgan fingerprint density at radius 1 is 0.889 bits per heavy atom. The van der Waals surface area contributed by atoms with E-state index in [0.717, 1.165) is 18.4 Å². The molecule has 0 radical (unpaired) electrons. The number of nitrogens with one attached hydrogen (secondary N) is 1. The maximum Gasteiger partial charge on any atom is 0.0375 e. The number of hydrogen-bond acceptors (Lipinski definition) is 2. The summed E-state index contributed by atoms with van der Waals surface area (Å²) in [6.07, 6.45) is 17.0. The van der Waals surface area contributed by atoms with E-state index in [1.807, 2.05) is 0 Å². The third kappa shape index (κ3) is 6.82. The standard InChI is InChI=1S/C25H42N2/c1-2-3-19-27(21-17-22-11-6-4-5-7-12-22)20-10-13-23-16-18-26-25-15-9-8-14-24(23)25/h8-9,14-15,22-23,26H,2-7,10-13,16-21H2,1H3. The van der Waals surface area contributed by atoms with Crippen molar-refractivity contribution in [3.63, 3.8) is 0 Å². The molecule has 0 saturated heterocycles. The molecule has 0 amide bonds. The van der Waals surface area contributed by atoms with Crippen molar-refractivity contribution in [2.45, 2.75) is 89.9 Å². The van der Waals surface area contributed by atoms with E-state index in [-0.39, 0.29) is 0 Å². The molecule has 1 N–H and O–H groups in total.